The summed E-state index contributed by atoms with van der Waals surface area (Å²) in [6, 6.07) is 3.64. The van der Waals surface area contributed by atoms with Gasteiger partial charge in [-0.2, -0.15) is 0 Å². The molecule has 6 heteroatoms. The monoisotopic (exact) mass is 237 g/mol. The minimum atomic E-state index is -0.305. The first-order valence-electron chi connectivity index (χ1n) is 5.46. The zero-order chi connectivity index (χ0) is 12.3. The molecule has 1 saturated heterocycles. The maximum absolute atomic E-state index is 11.6. The molecule has 0 bridgehead atoms. The van der Waals surface area contributed by atoms with Crippen LogP contribution in [0.5, 0.6) is 0 Å². The molecule has 1 aliphatic heterocycles. The molecule has 0 aliphatic carbocycles. The van der Waals surface area contributed by atoms with E-state index >= 15 is 0 Å². The largest absolute Gasteiger partial charge is 0.469 e. The fraction of sp³-hybridized carbons (Fsp3) is 0.455. The van der Waals surface area contributed by atoms with E-state index in [0.29, 0.717) is 13.1 Å². The molecule has 0 radical (unpaired) electrons. The lowest BCUT2D eigenvalue weighted by Crippen LogP contribution is -2.30. The Bertz CT molecular complexity index is 402. The predicted molar refractivity (Wildman–Crippen MR) is 60.3 cm³/mol. The summed E-state index contributed by atoms with van der Waals surface area (Å²) in [5, 5.41) is 2.85. The molecule has 2 amide bonds. The topological polar surface area (TPSA) is 74.4 Å². The molecule has 0 aromatic carbocycles. The van der Waals surface area contributed by atoms with Gasteiger partial charge < -0.3 is 19.9 Å². The van der Waals surface area contributed by atoms with Gasteiger partial charge in [-0.05, 0) is 12.1 Å². The summed E-state index contributed by atoms with van der Waals surface area (Å²) in [5.74, 6) is -0.305. The molecule has 2 heterocycles. The number of rotatable bonds is 4. The SMILES string of the molecule is COC(=O)CCN1CC(c2ccc[nH]2)NC1=O. The van der Waals surface area contributed by atoms with Crippen molar-refractivity contribution in [3.8, 4) is 0 Å². The highest BCUT2D eigenvalue weighted by Gasteiger charge is 2.30. The predicted octanol–water partition coefficient (Wildman–Crippen LogP) is 0.644. The standard InChI is InChI=1S/C11H15N3O3/c1-17-10(15)4-6-14-7-9(13-11(14)16)8-3-2-5-12-8/h2-3,5,9,12H,4,6-7H2,1H3,(H,13,16). The first-order chi connectivity index (χ1) is 8.20. The number of hydrogen-bond acceptors (Lipinski definition) is 3. The molecule has 6 nitrogen and oxygen atoms in total. The summed E-state index contributed by atoms with van der Waals surface area (Å²) in [6.45, 7) is 0.950. The highest BCUT2D eigenvalue weighted by molar-refractivity contribution is 5.78. The molecular weight excluding hydrogens is 222 g/mol. The van der Waals surface area contributed by atoms with Crippen molar-refractivity contribution in [3.63, 3.8) is 0 Å². The fourth-order valence-corrected chi connectivity index (χ4v) is 1.85. The molecule has 0 saturated carbocycles. The molecule has 1 aromatic rings. The maximum Gasteiger partial charge on any atom is 0.318 e. The van der Waals surface area contributed by atoms with Crippen molar-refractivity contribution < 1.29 is 14.3 Å². The molecule has 1 fully saturated rings. The van der Waals surface area contributed by atoms with E-state index in [2.05, 4.69) is 15.0 Å². The number of aromatic amines is 1. The molecule has 0 spiro atoms. The van der Waals surface area contributed by atoms with Crippen LogP contribution in [0.3, 0.4) is 0 Å². The summed E-state index contributed by atoms with van der Waals surface area (Å²) >= 11 is 0. The van der Waals surface area contributed by atoms with E-state index in [1.54, 1.807) is 4.90 Å². The third-order valence-corrected chi connectivity index (χ3v) is 2.80. The minimum Gasteiger partial charge on any atom is -0.469 e. The summed E-state index contributed by atoms with van der Waals surface area (Å²) in [5.41, 5.74) is 0.971. The lowest BCUT2D eigenvalue weighted by molar-refractivity contribution is -0.140. The van der Waals surface area contributed by atoms with Crippen LogP contribution in [-0.4, -0.2) is 42.1 Å². The van der Waals surface area contributed by atoms with Gasteiger partial charge >= 0.3 is 12.0 Å². The van der Waals surface area contributed by atoms with E-state index in [-0.39, 0.29) is 24.5 Å². The molecule has 1 atom stereocenters. The fourth-order valence-electron chi connectivity index (χ4n) is 1.85. The number of methoxy groups -OCH3 is 1. The van der Waals surface area contributed by atoms with Gasteiger partial charge in [-0.1, -0.05) is 0 Å². The molecule has 1 aliphatic rings. The van der Waals surface area contributed by atoms with Crippen molar-refractivity contribution in [1.29, 1.82) is 0 Å². The summed E-state index contributed by atoms with van der Waals surface area (Å²) in [4.78, 5) is 27.3. The van der Waals surface area contributed by atoms with Crippen molar-refractivity contribution in [2.75, 3.05) is 20.2 Å². The highest BCUT2D eigenvalue weighted by atomic mass is 16.5. The van der Waals surface area contributed by atoms with Crippen LogP contribution in [0.1, 0.15) is 18.2 Å². The van der Waals surface area contributed by atoms with Crippen LogP contribution in [0.15, 0.2) is 18.3 Å². The highest BCUT2D eigenvalue weighted by Crippen LogP contribution is 2.18. The molecule has 2 rings (SSSR count). The van der Waals surface area contributed by atoms with E-state index in [4.69, 9.17) is 0 Å². The number of urea groups is 1. The van der Waals surface area contributed by atoms with Gasteiger partial charge in [0.1, 0.15) is 0 Å². The Morgan fingerprint density at radius 2 is 2.47 bits per heavy atom. The number of nitrogens with one attached hydrogen (secondary N) is 2. The molecule has 1 unspecified atom stereocenters. The average molecular weight is 237 g/mol. The maximum atomic E-state index is 11.6. The van der Waals surface area contributed by atoms with Gasteiger partial charge in [0.2, 0.25) is 0 Å². The van der Waals surface area contributed by atoms with Crippen LogP contribution >= 0.6 is 0 Å². The van der Waals surface area contributed by atoms with Crippen LogP contribution in [0, 0.1) is 0 Å². The van der Waals surface area contributed by atoms with Crippen molar-refractivity contribution >= 4 is 12.0 Å². The zero-order valence-electron chi connectivity index (χ0n) is 9.60. The Morgan fingerprint density at radius 1 is 1.65 bits per heavy atom. The Morgan fingerprint density at radius 3 is 3.12 bits per heavy atom. The number of esters is 1. The normalized spacial score (nSPS) is 19.2. The molecular formula is C11H15N3O3. The number of nitrogens with zero attached hydrogens (tertiary/aromatic N) is 1. The third-order valence-electron chi connectivity index (χ3n) is 2.80. The minimum absolute atomic E-state index is 0.0323. The number of carbonyl (C=O) groups excluding carboxylic acids is 2. The lowest BCUT2D eigenvalue weighted by Gasteiger charge is -2.13. The molecule has 1 aromatic heterocycles. The van der Waals surface area contributed by atoms with Crippen molar-refractivity contribution in [2.45, 2.75) is 12.5 Å². The van der Waals surface area contributed by atoms with E-state index in [9.17, 15) is 9.59 Å². The lowest BCUT2D eigenvalue weighted by atomic mass is 10.2. The van der Waals surface area contributed by atoms with E-state index in [1.807, 2.05) is 18.3 Å². The molecule has 17 heavy (non-hydrogen) atoms. The summed E-state index contributed by atoms with van der Waals surface area (Å²) < 4.78 is 4.54. The number of ether oxygens (including phenoxy) is 1. The van der Waals surface area contributed by atoms with Crippen molar-refractivity contribution in [1.82, 2.24) is 15.2 Å². The van der Waals surface area contributed by atoms with Crippen molar-refractivity contribution in [2.24, 2.45) is 0 Å². The van der Waals surface area contributed by atoms with Gasteiger partial charge in [0.15, 0.2) is 0 Å². The summed E-state index contributed by atoms with van der Waals surface area (Å²) in [7, 11) is 1.34. The number of amides is 2. The molecule has 92 valence electrons. The second-order valence-electron chi connectivity index (χ2n) is 3.90. The number of aromatic nitrogens is 1. The van der Waals surface area contributed by atoms with Gasteiger partial charge in [-0.3, -0.25) is 4.79 Å². The number of H-pyrrole nitrogens is 1. The first-order valence-corrected chi connectivity index (χ1v) is 5.46. The number of hydrogen-bond donors (Lipinski definition) is 2. The van der Waals surface area contributed by atoms with E-state index in [0.717, 1.165) is 5.69 Å². The Kier molecular flexibility index (Phi) is 3.32. The second kappa shape index (κ2) is 4.90. The Balaban J connectivity index is 1.89. The van der Waals surface area contributed by atoms with Crippen LogP contribution in [0.25, 0.3) is 0 Å². The van der Waals surface area contributed by atoms with E-state index < -0.39 is 0 Å². The van der Waals surface area contributed by atoms with Crippen LogP contribution in [0.2, 0.25) is 0 Å². The second-order valence-corrected chi connectivity index (χ2v) is 3.90. The Hall–Kier alpha value is -1.98. The van der Waals surface area contributed by atoms with Gasteiger partial charge in [-0.15, -0.1) is 0 Å². The first kappa shape index (κ1) is 11.5. The van der Waals surface area contributed by atoms with Gasteiger partial charge in [0.05, 0.1) is 19.6 Å². The van der Waals surface area contributed by atoms with Crippen LogP contribution in [0.4, 0.5) is 4.79 Å². The third kappa shape index (κ3) is 2.58. The smallest absolute Gasteiger partial charge is 0.318 e. The van der Waals surface area contributed by atoms with Crippen LogP contribution < -0.4 is 5.32 Å². The van der Waals surface area contributed by atoms with E-state index in [1.165, 1.54) is 7.11 Å². The van der Waals surface area contributed by atoms with Crippen LogP contribution in [-0.2, 0) is 9.53 Å². The zero-order valence-corrected chi connectivity index (χ0v) is 9.60. The van der Waals surface area contributed by atoms with Gasteiger partial charge in [0, 0.05) is 25.0 Å². The summed E-state index contributed by atoms with van der Waals surface area (Å²) in [6.07, 6.45) is 2.04. The Labute approximate surface area is 98.9 Å². The number of carbonyl (C=O) groups is 2. The van der Waals surface area contributed by atoms with Gasteiger partial charge in [-0.25, -0.2) is 4.79 Å². The van der Waals surface area contributed by atoms with Gasteiger partial charge in [0.25, 0.3) is 0 Å². The molecule has 2 N–H and O–H groups in total. The quantitative estimate of drug-likeness (QED) is 0.755. The van der Waals surface area contributed by atoms with Crippen molar-refractivity contribution in [3.05, 3.63) is 24.0 Å². The average Bonchev–Trinajstić information content (AvgIpc) is 2.95.